The fourth-order valence-electron chi connectivity index (χ4n) is 3.02. The largest absolute Gasteiger partial charge is 0.482 e. The number of rotatable bonds is 5. The Labute approximate surface area is 180 Å². The highest BCUT2D eigenvalue weighted by molar-refractivity contribution is 7.91. The molecule has 0 saturated carbocycles. The number of hydrogen-bond acceptors (Lipinski definition) is 5. The van der Waals surface area contributed by atoms with Crippen LogP contribution in [0.25, 0.3) is 0 Å². The van der Waals surface area contributed by atoms with E-state index in [0.29, 0.717) is 28.0 Å². The zero-order chi connectivity index (χ0) is 21.4. The van der Waals surface area contributed by atoms with E-state index in [1.54, 1.807) is 22.9 Å². The highest BCUT2D eigenvalue weighted by Crippen LogP contribution is 2.31. The van der Waals surface area contributed by atoms with Gasteiger partial charge in [0.15, 0.2) is 16.4 Å². The standard InChI is InChI=1S/C19H23Cl2N3O4S/c1-19(2,3)16-9-17(24(23-16)13-6-7-29(26,27)11-13)22-18(25)10-28-15-5-4-12(20)8-14(15)21/h4-5,8-9,13H,6-7,10-11H2,1-3H3,(H,22,25)/t13-/m0/s1. The number of nitrogens with one attached hydrogen (secondary N) is 1. The molecule has 2 heterocycles. The molecule has 1 N–H and O–H groups in total. The van der Waals surface area contributed by atoms with Gasteiger partial charge in [0, 0.05) is 16.5 Å². The molecule has 7 nitrogen and oxygen atoms in total. The van der Waals surface area contributed by atoms with Crippen LogP contribution < -0.4 is 10.1 Å². The van der Waals surface area contributed by atoms with Crippen LogP contribution >= 0.6 is 23.2 Å². The summed E-state index contributed by atoms with van der Waals surface area (Å²) in [5.74, 6) is 0.523. The molecule has 1 aromatic heterocycles. The third-order valence-corrected chi connectivity index (χ3v) is 6.86. The van der Waals surface area contributed by atoms with E-state index >= 15 is 0 Å². The lowest BCUT2D eigenvalue weighted by Crippen LogP contribution is -2.24. The summed E-state index contributed by atoms with van der Waals surface area (Å²) in [5, 5.41) is 8.14. The lowest BCUT2D eigenvalue weighted by atomic mass is 9.92. The molecule has 0 spiro atoms. The van der Waals surface area contributed by atoms with Crippen molar-refractivity contribution in [1.29, 1.82) is 0 Å². The Morgan fingerprint density at radius 2 is 2.03 bits per heavy atom. The molecule has 0 aliphatic carbocycles. The molecule has 1 aromatic carbocycles. The molecule has 2 aromatic rings. The minimum atomic E-state index is -3.09. The number of ether oxygens (including phenoxy) is 1. The van der Waals surface area contributed by atoms with E-state index in [-0.39, 0.29) is 29.6 Å². The quantitative estimate of drug-likeness (QED) is 0.732. The molecular formula is C19H23Cl2N3O4S. The Morgan fingerprint density at radius 1 is 1.31 bits per heavy atom. The Bertz CT molecular complexity index is 1030. The number of aromatic nitrogens is 2. The molecule has 0 bridgehead atoms. The fourth-order valence-corrected chi connectivity index (χ4v) is 5.17. The SMILES string of the molecule is CC(C)(C)c1cc(NC(=O)COc2ccc(Cl)cc2Cl)n([C@H]2CCS(=O)(=O)C2)n1. The maximum Gasteiger partial charge on any atom is 0.263 e. The molecule has 29 heavy (non-hydrogen) atoms. The summed E-state index contributed by atoms with van der Waals surface area (Å²) >= 11 is 11.9. The minimum absolute atomic E-state index is 0.0119. The second-order valence-corrected chi connectivity index (χ2v) is 11.2. The van der Waals surface area contributed by atoms with E-state index in [0.717, 1.165) is 5.69 Å². The van der Waals surface area contributed by atoms with Gasteiger partial charge in [-0.25, -0.2) is 13.1 Å². The molecule has 1 atom stereocenters. The predicted molar refractivity (Wildman–Crippen MR) is 114 cm³/mol. The zero-order valence-electron chi connectivity index (χ0n) is 16.4. The van der Waals surface area contributed by atoms with Crippen molar-refractivity contribution in [3.8, 4) is 5.75 Å². The summed E-state index contributed by atoms with van der Waals surface area (Å²) in [6.07, 6.45) is 0.466. The lowest BCUT2D eigenvalue weighted by Gasteiger charge is -2.15. The van der Waals surface area contributed by atoms with Crippen LogP contribution in [0.4, 0.5) is 5.82 Å². The molecule has 1 aliphatic rings. The Kier molecular flexibility index (Phi) is 6.17. The summed E-state index contributed by atoms with van der Waals surface area (Å²) in [7, 11) is -3.09. The van der Waals surface area contributed by atoms with Gasteiger partial charge in [0.1, 0.15) is 11.6 Å². The summed E-state index contributed by atoms with van der Waals surface area (Å²) in [6.45, 7) is 5.74. The van der Waals surface area contributed by atoms with Gasteiger partial charge in [-0.1, -0.05) is 44.0 Å². The Hall–Kier alpha value is -1.77. The Morgan fingerprint density at radius 3 is 2.62 bits per heavy atom. The van der Waals surface area contributed by atoms with Gasteiger partial charge in [-0.05, 0) is 24.6 Å². The topological polar surface area (TPSA) is 90.3 Å². The maximum absolute atomic E-state index is 12.5. The first kappa shape index (κ1) is 21.9. The van der Waals surface area contributed by atoms with Crippen LogP contribution in [0, 0.1) is 0 Å². The highest BCUT2D eigenvalue weighted by Gasteiger charge is 2.32. The van der Waals surface area contributed by atoms with Crippen LogP contribution in [-0.2, 0) is 20.0 Å². The number of carbonyl (C=O) groups is 1. The second kappa shape index (κ2) is 8.16. The maximum atomic E-state index is 12.5. The number of amides is 1. The second-order valence-electron chi connectivity index (χ2n) is 8.08. The zero-order valence-corrected chi connectivity index (χ0v) is 18.7. The van der Waals surface area contributed by atoms with Crippen LogP contribution in [0.5, 0.6) is 5.75 Å². The highest BCUT2D eigenvalue weighted by atomic mass is 35.5. The third kappa shape index (κ3) is 5.43. The molecule has 1 fully saturated rings. The van der Waals surface area contributed by atoms with Crippen LogP contribution in [0.15, 0.2) is 24.3 Å². The van der Waals surface area contributed by atoms with Gasteiger partial charge >= 0.3 is 0 Å². The van der Waals surface area contributed by atoms with Gasteiger partial charge in [-0.3, -0.25) is 4.79 Å². The van der Waals surface area contributed by atoms with Crippen molar-refractivity contribution in [1.82, 2.24) is 9.78 Å². The van der Waals surface area contributed by atoms with E-state index in [9.17, 15) is 13.2 Å². The average molecular weight is 460 g/mol. The van der Waals surface area contributed by atoms with Crippen molar-refractivity contribution in [2.24, 2.45) is 0 Å². The molecule has 0 unspecified atom stereocenters. The van der Waals surface area contributed by atoms with E-state index in [4.69, 9.17) is 27.9 Å². The van der Waals surface area contributed by atoms with Gasteiger partial charge in [-0.2, -0.15) is 5.10 Å². The number of carbonyl (C=O) groups excluding carboxylic acids is 1. The van der Waals surface area contributed by atoms with Gasteiger partial charge < -0.3 is 10.1 Å². The molecule has 1 saturated heterocycles. The summed E-state index contributed by atoms with van der Waals surface area (Å²) in [5.41, 5.74) is 0.508. The molecular weight excluding hydrogens is 437 g/mol. The molecule has 10 heteroatoms. The number of hydrogen-bond donors (Lipinski definition) is 1. The third-order valence-electron chi connectivity index (χ3n) is 4.58. The van der Waals surface area contributed by atoms with Crippen molar-refractivity contribution < 1.29 is 17.9 Å². The monoisotopic (exact) mass is 459 g/mol. The first-order valence-electron chi connectivity index (χ1n) is 9.13. The molecule has 1 aliphatic heterocycles. The number of halogens is 2. The van der Waals surface area contributed by atoms with Gasteiger partial charge in [0.25, 0.3) is 5.91 Å². The minimum Gasteiger partial charge on any atom is -0.482 e. The predicted octanol–water partition coefficient (Wildman–Crippen LogP) is 3.86. The van der Waals surface area contributed by atoms with Crippen molar-refractivity contribution in [3.63, 3.8) is 0 Å². The van der Waals surface area contributed by atoms with E-state index in [2.05, 4.69) is 10.4 Å². The van der Waals surface area contributed by atoms with Crippen molar-refractivity contribution in [3.05, 3.63) is 40.0 Å². The van der Waals surface area contributed by atoms with Crippen LogP contribution in [0.2, 0.25) is 10.0 Å². The van der Waals surface area contributed by atoms with Crippen LogP contribution in [0.1, 0.15) is 38.9 Å². The Balaban J connectivity index is 1.76. The summed E-state index contributed by atoms with van der Waals surface area (Å²) in [6, 6.07) is 6.20. The molecule has 158 valence electrons. The van der Waals surface area contributed by atoms with Crippen LogP contribution in [-0.4, -0.2) is 42.2 Å². The summed E-state index contributed by atoms with van der Waals surface area (Å²) < 4.78 is 30.9. The van der Waals surface area contributed by atoms with Gasteiger partial charge in [0.2, 0.25) is 0 Å². The van der Waals surface area contributed by atoms with Gasteiger partial charge in [0.05, 0.1) is 28.3 Å². The first-order valence-corrected chi connectivity index (χ1v) is 11.7. The molecule has 1 amide bonds. The summed E-state index contributed by atoms with van der Waals surface area (Å²) in [4.78, 5) is 12.5. The normalized spacial score (nSPS) is 18.6. The van der Waals surface area contributed by atoms with Gasteiger partial charge in [-0.15, -0.1) is 0 Å². The van der Waals surface area contributed by atoms with Crippen LogP contribution in [0.3, 0.4) is 0 Å². The lowest BCUT2D eigenvalue weighted by molar-refractivity contribution is -0.118. The van der Waals surface area contributed by atoms with Crippen molar-refractivity contribution in [2.45, 2.75) is 38.6 Å². The fraction of sp³-hybridized carbons (Fsp3) is 0.474. The van der Waals surface area contributed by atoms with E-state index in [1.165, 1.54) is 6.07 Å². The van der Waals surface area contributed by atoms with Crippen molar-refractivity contribution in [2.75, 3.05) is 23.4 Å². The van der Waals surface area contributed by atoms with E-state index in [1.807, 2.05) is 20.8 Å². The number of nitrogens with zero attached hydrogens (tertiary/aromatic N) is 2. The molecule has 3 rings (SSSR count). The van der Waals surface area contributed by atoms with Crippen molar-refractivity contribution >= 4 is 44.8 Å². The first-order chi connectivity index (χ1) is 13.4. The number of anilines is 1. The smallest absolute Gasteiger partial charge is 0.263 e. The van der Waals surface area contributed by atoms with E-state index < -0.39 is 15.7 Å². The average Bonchev–Trinajstić information content (AvgIpc) is 3.17. The number of benzene rings is 1. The number of sulfone groups is 1. The molecule has 0 radical (unpaired) electrons.